The van der Waals surface area contributed by atoms with Gasteiger partial charge in [-0.2, -0.15) is 0 Å². The number of carbonyl (C=O) groups is 1. The van der Waals surface area contributed by atoms with E-state index in [-0.39, 0.29) is 29.3 Å². The van der Waals surface area contributed by atoms with Crippen molar-refractivity contribution in [2.75, 3.05) is 11.9 Å². The molecule has 0 aliphatic carbocycles. The number of hydrogen-bond acceptors (Lipinski definition) is 4. The molecule has 7 nitrogen and oxygen atoms in total. The predicted octanol–water partition coefficient (Wildman–Crippen LogP) is 2.97. The van der Waals surface area contributed by atoms with E-state index in [0.29, 0.717) is 12.2 Å². The van der Waals surface area contributed by atoms with Gasteiger partial charge in [-0.05, 0) is 48.0 Å². The molecule has 3 aromatic rings. The summed E-state index contributed by atoms with van der Waals surface area (Å²) in [5.41, 5.74) is 1.43. The summed E-state index contributed by atoms with van der Waals surface area (Å²) in [6.07, 6.45) is 1.71. The van der Waals surface area contributed by atoms with Gasteiger partial charge in [-0.3, -0.25) is 9.59 Å². The lowest BCUT2D eigenvalue weighted by Gasteiger charge is -2.09. The van der Waals surface area contributed by atoms with Crippen LogP contribution in [0.2, 0.25) is 0 Å². The second-order valence-electron chi connectivity index (χ2n) is 6.51. The quantitative estimate of drug-likeness (QED) is 0.508. The van der Waals surface area contributed by atoms with Crippen LogP contribution >= 0.6 is 15.9 Å². The molecule has 0 atom stereocenters. The maximum Gasteiger partial charge on any atom is 0.250 e. The molecule has 0 aliphatic heterocycles. The number of pyridine rings is 1. The number of anilines is 1. The van der Waals surface area contributed by atoms with Crippen LogP contribution in [0, 0.1) is 0 Å². The number of carbonyl (C=O) groups excluding carboxylic acids is 1. The highest BCUT2D eigenvalue weighted by Gasteiger charge is 2.14. The van der Waals surface area contributed by atoms with E-state index in [1.165, 1.54) is 18.2 Å². The molecular formula is C21H20BrN3O4S. The van der Waals surface area contributed by atoms with Gasteiger partial charge in [0.15, 0.2) is 0 Å². The van der Waals surface area contributed by atoms with Crippen molar-refractivity contribution in [3.63, 3.8) is 0 Å². The Balaban J connectivity index is 1.49. The molecule has 0 saturated heterocycles. The topological polar surface area (TPSA) is 97.3 Å². The van der Waals surface area contributed by atoms with E-state index in [9.17, 15) is 18.0 Å². The second-order valence-corrected chi connectivity index (χ2v) is 9.20. The van der Waals surface area contributed by atoms with E-state index in [1.54, 1.807) is 47.2 Å². The molecule has 0 bridgehead atoms. The van der Waals surface area contributed by atoms with Gasteiger partial charge >= 0.3 is 0 Å². The molecule has 1 heterocycles. The van der Waals surface area contributed by atoms with Gasteiger partial charge in [0, 0.05) is 35.4 Å². The largest absolute Gasteiger partial charge is 0.326 e. The van der Waals surface area contributed by atoms with Crippen LogP contribution in [0.15, 0.2) is 87.1 Å². The van der Waals surface area contributed by atoms with E-state index < -0.39 is 10.0 Å². The van der Waals surface area contributed by atoms with Crippen molar-refractivity contribution in [3.05, 3.63) is 93.3 Å². The summed E-state index contributed by atoms with van der Waals surface area (Å²) < 4.78 is 29.2. The Labute approximate surface area is 182 Å². The van der Waals surface area contributed by atoms with E-state index in [0.717, 1.165) is 10.0 Å². The molecule has 2 aromatic carbocycles. The Bertz CT molecular complexity index is 1170. The molecule has 2 N–H and O–H groups in total. The standard InChI is InChI=1S/C21H20BrN3O4S/c22-17-6-10-19(11-7-17)30(28,29)23-13-12-20(26)24-18-8-4-16(5-9-18)15-25-14-2-1-3-21(25)27/h1-11,14,23H,12-13,15H2,(H,24,26). The average Bonchev–Trinajstić information content (AvgIpc) is 2.71. The first-order valence-corrected chi connectivity index (χ1v) is 11.4. The zero-order valence-electron chi connectivity index (χ0n) is 15.9. The molecule has 1 amide bonds. The molecule has 0 fully saturated rings. The Morgan fingerprint density at radius 3 is 2.33 bits per heavy atom. The third-order valence-electron chi connectivity index (χ3n) is 4.26. The molecule has 30 heavy (non-hydrogen) atoms. The van der Waals surface area contributed by atoms with Gasteiger partial charge in [0.1, 0.15) is 0 Å². The lowest BCUT2D eigenvalue weighted by molar-refractivity contribution is -0.116. The predicted molar refractivity (Wildman–Crippen MR) is 119 cm³/mol. The minimum absolute atomic E-state index is 0.00306. The monoisotopic (exact) mass is 489 g/mol. The van der Waals surface area contributed by atoms with Crippen molar-refractivity contribution in [2.24, 2.45) is 0 Å². The maximum atomic E-state index is 12.2. The minimum Gasteiger partial charge on any atom is -0.326 e. The van der Waals surface area contributed by atoms with Crippen molar-refractivity contribution in [1.82, 2.24) is 9.29 Å². The van der Waals surface area contributed by atoms with Crippen molar-refractivity contribution >= 4 is 37.5 Å². The van der Waals surface area contributed by atoms with E-state index in [2.05, 4.69) is 26.0 Å². The summed E-state index contributed by atoms with van der Waals surface area (Å²) in [5, 5.41) is 2.73. The van der Waals surface area contributed by atoms with Crippen LogP contribution in [0.1, 0.15) is 12.0 Å². The van der Waals surface area contributed by atoms with Crippen molar-refractivity contribution in [2.45, 2.75) is 17.9 Å². The lowest BCUT2D eigenvalue weighted by Crippen LogP contribution is -2.27. The number of hydrogen-bond donors (Lipinski definition) is 2. The summed E-state index contributed by atoms with van der Waals surface area (Å²) >= 11 is 3.26. The van der Waals surface area contributed by atoms with E-state index in [1.807, 2.05) is 12.1 Å². The fraction of sp³-hybridized carbons (Fsp3) is 0.143. The maximum absolute atomic E-state index is 12.2. The van der Waals surface area contributed by atoms with E-state index >= 15 is 0 Å². The highest BCUT2D eigenvalue weighted by molar-refractivity contribution is 9.10. The van der Waals surface area contributed by atoms with Gasteiger partial charge in [-0.15, -0.1) is 0 Å². The van der Waals surface area contributed by atoms with Gasteiger partial charge in [0.25, 0.3) is 5.56 Å². The van der Waals surface area contributed by atoms with Crippen molar-refractivity contribution < 1.29 is 13.2 Å². The van der Waals surface area contributed by atoms with Crippen LogP contribution in [-0.4, -0.2) is 25.4 Å². The Morgan fingerprint density at radius 2 is 1.67 bits per heavy atom. The number of nitrogens with one attached hydrogen (secondary N) is 2. The molecule has 0 radical (unpaired) electrons. The SMILES string of the molecule is O=C(CCNS(=O)(=O)c1ccc(Br)cc1)Nc1ccc(Cn2ccccc2=O)cc1. The van der Waals surface area contributed by atoms with E-state index in [4.69, 9.17) is 0 Å². The summed E-state index contributed by atoms with van der Waals surface area (Å²) in [6, 6.07) is 18.4. The van der Waals surface area contributed by atoms with Crippen LogP contribution in [0.3, 0.4) is 0 Å². The normalized spacial score (nSPS) is 11.2. The molecule has 3 rings (SSSR count). The number of rotatable bonds is 8. The second kappa shape index (κ2) is 9.84. The van der Waals surface area contributed by atoms with Gasteiger partial charge in [-0.1, -0.05) is 34.1 Å². The van der Waals surface area contributed by atoms with Gasteiger partial charge in [0.05, 0.1) is 11.4 Å². The zero-order valence-corrected chi connectivity index (χ0v) is 18.3. The molecule has 0 aliphatic rings. The van der Waals surface area contributed by atoms with Crippen LogP contribution < -0.4 is 15.6 Å². The molecule has 0 unspecified atom stereocenters. The lowest BCUT2D eigenvalue weighted by atomic mass is 10.2. The zero-order chi connectivity index (χ0) is 21.6. The third kappa shape index (κ3) is 6.12. The highest BCUT2D eigenvalue weighted by atomic mass is 79.9. The van der Waals surface area contributed by atoms with Crippen LogP contribution in [-0.2, 0) is 21.4 Å². The minimum atomic E-state index is -3.66. The summed E-state index contributed by atoms with van der Waals surface area (Å²) in [5.74, 6) is -0.305. The average molecular weight is 490 g/mol. The smallest absolute Gasteiger partial charge is 0.250 e. The molecule has 0 spiro atoms. The first-order chi connectivity index (χ1) is 14.3. The molecule has 0 saturated carbocycles. The van der Waals surface area contributed by atoms with Crippen molar-refractivity contribution in [1.29, 1.82) is 0 Å². The van der Waals surface area contributed by atoms with Crippen molar-refractivity contribution in [3.8, 4) is 0 Å². The molecular weight excluding hydrogens is 470 g/mol. The first kappa shape index (κ1) is 21.9. The fourth-order valence-electron chi connectivity index (χ4n) is 2.70. The highest BCUT2D eigenvalue weighted by Crippen LogP contribution is 2.14. The Morgan fingerprint density at radius 1 is 0.967 bits per heavy atom. The number of sulfonamides is 1. The summed E-state index contributed by atoms with van der Waals surface area (Å²) in [7, 11) is -3.66. The van der Waals surface area contributed by atoms with Crippen LogP contribution in [0.5, 0.6) is 0 Å². The number of benzene rings is 2. The fourth-order valence-corrected chi connectivity index (χ4v) is 4.00. The number of nitrogens with zero attached hydrogens (tertiary/aromatic N) is 1. The third-order valence-corrected chi connectivity index (χ3v) is 6.26. The van der Waals surface area contributed by atoms with Crippen LogP contribution in [0.4, 0.5) is 5.69 Å². The number of amides is 1. The van der Waals surface area contributed by atoms with Crippen LogP contribution in [0.25, 0.3) is 0 Å². The van der Waals surface area contributed by atoms with Gasteiger partial charge < -0.3 is 9.88 Å². The first-order valence-electron chi connectivity index (χ1n) is 9.13. The Kier molecular flexibility index (Phi) is 7.20. The summed E-state index contributed by atoms with van der Waals surface area (Å²) in [4.78, 5) is 24.0. The number of halogens is 1. The molecule has 1 aromatic heterocycles. The van der Waals surface area contributed by atoms with Gasteiger partial charge in [-0.25, -0.2) is 13.1 Å². The Hall–Kier alpha value is -2.75. The molecule has 9 heteroatoms. The van der Waals surface area contributed by atoms with Gasteiger partial charge in [0.2, 0.25) is 15.9 Å². The summed E-state index contributed by atoms with van der Waals surface area (Å²) in [6.45, 7) is 0.422. The molecule has 156 valence electrons. The number of aromatic nitrogens is 1.